The minimum absolute atomic E-state index is 0.0140. The molecule has 0 saturated carbocycles. The Balaban J connectivity index is 1.94. The zero-order chi connectivity index (χ0) is 13.0. The van der Waals surface area contributed by atoms with Gasteiger partial charge in [0, 0.05) is 13.5 Å². The fourth-order valence-corrected chi connectivity index (χ4v) is 2.14. The molecule has 0 spiro atoms. The SMILES string of the molecule is CC(=O)NC(C)c1ccc(OC2CCNC2)cc1. The van der Waals surface area contributed by atoms with Crippen LogP contribution in [0.4, 0.5) is 0 Å². The van der Waals surface area contributed by atoms with Crippen molar-refractivity contribution in [3.05, 3.63) is 29.8 Å². The van der Waals surface area contributed by atoms with E-state index in [0.717, 1.165) is 30.8 Å². The lowest BCUT2D eigenvalue weighted by Gasteiger charge is -2.15. The maximum atomic E-state index is 11.0. The first-order chi connectivity index (χ1) is 8.65. The van der Waals surface area contributed by atoms with Gasteiger partial charge < -0.3 is 15.4 Å². The topological polar surface area (TPSA) is 50.4 Å². The van der Waals surface area contributed by atoms with Gasteiger partial charge in [-0.25, -0.2) is 0 Å². The van der Waals surface area contributed by atoms with Crippen molar-refractivity contribution in [1.82, 2.24) is 10.6 Å². The molecule has 0 aliphatic carbocycles. The number of hydrogen-bond acceptors (Lipinski definition) is 3. The molecule has 2 atom stereocenters. The van der Waals surface area contributed by atoms with Crippen LogP contribution in [-0.4, -0.2) is 25.1 Å². The molecule has 1 fully saturated rings. The zero-order valence-electron chi connectivity index (χ0n) is 10.9. The van der Waals surface area contributed by atoms with Crippen LogP contribution in [0.25, 0.3) is 0 Å². The Bertz CT molecular complexity index is 397. The van der Waals surface area contributed by atoms with Crippen molar-refractivity contribution in [1.29, 1.82) is 0 Å². The molecule has 98 valence electrons. The van der Waals surface area contributed by atoms with Crippen LogP contribution in [0, 0.1) is 0 Å². The standard InChI is InChI=1S/C14H20N2O2/c1-10(16-11(2)17)12-3-5-13(6-4-12)18-14-7-8-15-9-14/h3-6,10,14-15H,7-9H2,1-2H3,(H,16,17). The molecule has 2 unspecified atom stereocenters. The van der Waals surface area contributed by atoms with Crippen LogP contribution in [0.15, 0.2) is 24.3 Å². The van der Waals surface area contributed by atoms with Gasteiger partial charge in [-0.3, -0.25) is 4.79 Å². The van der Waals surface area contributed by atoms with E-state index in [1.54, 1.807) is 0 Å². The number of nitrogens with one attached hydrogen (secondary N) is 2. The third-order valence-electron chi connectivity index (χ3n) is 3.12. The lowest BCUT2D eigenvalue weighted by atomic mass is 10.1. The molecule has 0 aromatic heterocycles. The molecule has 4 nitrogen and oxygen atoms in total. The molecule has 2 N–H and O–H groups in total. The fourth-order valence-electron chi connectivity index (χ4n) is 2.14. The highest BCUT2D eigenvalue weighted by Gasteiger charge is 2.15. The Kier molecular flexibility index (Phi) is 4.20. The molecule has 18 heavy (non-hydrogen) atoms. The van der Waals surface area contributed by atoms with E-state index in [1.807, 2.05) is 31.2 Å². The number of amides is 1. The van der Waals surface area contributed by atoms with Gasteiger partial charge in [0.2, 0.25) is 5.91 Å². The molecule has 0 radical (unpaired) electrons. The predicted octanol–water partition coefficient (Wildman–Crippen LogP) is 1.62. The van der Waals surface area contributed by atoms with Crippen molar-refractivity contribution < 1.29 is 9.53 Å². The van der Waals surface area contributed by atoms with Gasteiger partial charge in [-0.05, 0) is 37.6 Å². The lowest BCUT2D eigenvalue weighted by Crippen LogP contribution is -2.23. The van der Waals surface area contributed by atoms with Crippen LogP contribution >= 0.6 is 0 Å². The number of carbonyl (C=O) groups excluding carboxylic acids is 1. The van der Waals surface area contributed by atoms with E-state index in [9.17, 15) is 4.79 Å². The van der Waals surface area contributed by atoms with Crippen molar-refractivity contribution in [3.8, 4) is 5.75 Å². The van der Waals surface area contributed by atoms with Crippen molar-refractivity contribution in [2.24, 2.45) is 0 Å². The largest absolute Gasteiger partial charge is 0.489 e. The van der Waals surface area contributed by atoms with Gasteiger partial charge in [-0.1, -0.05) is 12.1 Å². The van der Waals surface area contributed by atoms with E-state index in [1.165, 1.54) is 6.92 Å². The normalized spacial score (nSPS) is 20.4. The molecule has 1 amide bonds. The summed E-state index contributed by atoms with van der Waals surface area (Å²) in [5.74, 6) is 0.877. The summed E-state index contributed by atoms with van der Waals surface area (Å²) in [4.78, 5) is 11.0. The molecule has 1 aromatic carbocycles. The summed E-state index contributed by atoms with van der Waals surface area (Å²) in [6.45, 7) is 5.45. The van der Waals surface area contributed by atoms with Crippen LogP contribution in [0.2, 0.25) is 0 Å². The highest BCUT2D eigenvalue weighted by molar-refractivity contribution is 5.73. The van der Waals surface area contributed by atoms with E-state index < -0.39 is 0 Å². The summed E-state index contributed by atoms with van der Waals surface area (Å²) >= 11 is 0. The maximum Gasteiger partial charge on any atom is 0.217 e. The molecule has 1 aliphatic rings. The first-order valence-corrected chi connectivity index (χ1v) is 6.39. The molecular formula is C14H20N2O2. The summed E-state index contributed by atoms with van der Waals surface area (Å²) in [6, 6.07) is 7.96. The first-order valence-electron chi connectivity index (χ1n) is 6.39. The summed E-state index contributed by atoms with van der Waals surface area (Å²) in [5.41, 5.74) is 1.09. The van der Waals surface area contributed by atoms with Gasteiger partial charge in [0.25, 0.3) is 0 Å². The quantitative estimate of drug-likeness (QED) is 0.851. The monoisotopic (exact) mass is 248 g/mol. The van der Waals surface area contributed by atoms with Crippen LogP contribution in [0.3, 0.4) is 0 Å². The molecule has 1 aromatic rings. The van der Waals surface area contributed by atoms with E-state index in [4.69, 9.17) is 4.74 Å². The number of benzene rings is 1. The summed E-state index contributed by atoms with van der Waals surface area (Å²) in [7, 11) is 0. The van der Waals surface area contributed by atoms with E-state index in [-0.39, 0.29) is 18.1 Å². The summed E-state index contributed by atoms with van der Waals surface area (Å²) < 4.78 is 5.84. The molecule has 4 heteroatoms. The minimum atomic E-state index is -0.0140. The van der Waals surface area contributed by atoms with Crippen LogP contribution in [-0.2, 0) is 4.79 Å². The average molecular weight is 248 g/mol. The van der Waals surface area contributed by atoms with Crippen molar-refractivity contribution in [3.63, 3.8) is 0 Å². The second kappa shape index (κ2) is 5.87. The molecule has 1 aliphatic heterocycles. The molecule has 1 saturated heterocycles. The highest BCUT2D eigenvalue weighted by atomic mass is 16.5. The van der Waals surface area contributed by atoms with Crippen LogP contribution in [0.5, 0.6) is 5.75 Å². The summed E-state index contributed by atoms with van der Waals surface area (Å²) in [6.07, 6.45) is 1.34. The Morgan fingerprint density at radius 1 is 1.44 bits per heavy atom. The Hall–Kier alpha value is -1.55. The molecule has 2 rings (SSSR count). The predicted molar refractivity (Wildman–Crippen MR) is 70.6 cm³/mol. The van der Waals surface area contributed by atoms with Gasteiger partial charge in [0.15, 0.2) is 0 Å². The van der Waals surface area contributed by atoms with Crippen molar-refractivity contribution >= 4 is 5.91 Å². The number of rotatable bonds is 4. The highest BCUT2D eigenvalue weighted by Crippen LogP contribution is 2.19. The second-order valence-electron chi connectivity index (χ2n) is 4.72. The van der Waals surface area contributed by atoms with Crippen LogP contribution in [0.1, 0.15) is 31.9 Å². The molecule has 1 heterocycles. The third-order valence-corrected chi connectivity index (χ3v) is 3.12. The Morgan fingerprint density at radius 3 is 2.72 bits per heavy atom. The van der Waals surface area contributed by atoms with Crippen LogP contribution < -0.4 is 15.4 Å². The average Bonchev–Trinajstić information content (AvgIpc) is 2.82. The van der Waals surface area contributed by atoms with Gasteiger partial charge in [-0.2, -0.15) is 0 Å². The zero-order valence-corrected chi connectivity index (χ0v) is 10.9. The van der Waals surface area contributed by atoms with E-state index in [2.05, 4.69) is 10.6 Å². The summed E-state index contributed by atoms with van der Waals surface area (Å²) in [5, 5.41) is 6.13. The van der Waals surface area contributed by atoms with E-state index >= 15 is 0 Å². The molecule has 0 bridgehead atoms. The first kappa shape index (κ1) is 12.9. The number of hydrogen-bond donors (Lipinski definition) is 2. The van der Waals surface area contributed by atoms with Gasteiger partial charge in [0.1, 0.15) is 11.9 Å². The minimum Gasteiger partial charge on any atom is -0.489 e. The lowest BCUT2D eigenvalue weighted by molar-refractivity contribution is -0.119. The number of carbonyl (C=O) groups is 1. The van der Waals surface area contributed by atoms with Crippen molar-refractivity contribution in [2.45, 2.75) is 32.4 Å². The van der Waals surface area contributed by atoms with Gasteiger partial charge >= 0.3 is 0 Å². The van der Waals surface area contributed by atoms with E-state index in [0.29, 0.717) is 0 Å². The fraction of sp³-hybridized carbons (Fsp3) is 0.500. The Labute approximate surface area is 108 Å². The smallest absolute Gasteiger partial charge is 0.217 e. The van der Waals surface area contributed by atoms with Gasteiger partial charge in [-0.15, -0.1) is 0 Å². The Morgan fingerprint density at radius 2 is 2.17 bits per heavy atom. The number of ether oxygens (including phenoxy) is 1. The van der Waals surface area contributed by atoms with Crippen molar-refractivity contribution in [2.75, 3.05) is 13.1 Å². The second-order valence-corrected chi connectivity index (χ2v) is 4.72. The third kappa shape index (κ3) is 3.47. The maximum absolute atomic E-state index is 11.0. The molecular weight excluding hydrogens is 228 g/mol. The van der Waals surface area contributed by atoms with Gasteiger partial charge in [0.05, 0.1) is 6.04 Å².